The molecule has 0 aromatic heterocycles. The fraction of sp³-hybridized carbons (Fsp3) is 0.294. The zero-order valence-electron chi connectivity index (χ0n) is 23.4. The molecule has 0 aliphatic heterocycles. The molecule has 2 N–H and O–H groups in total. The van der Waals surface area contributed by atoms with Crippen LogP contribution in [-0.4, -0.2) is 7.05 Å². The quantitative estimate of drug-likeness (QED) is 0.308. The summed E-state index contributed by atoms with van der Waals surface area (Å²) in [6.45, 7) is 12.6. The van der Waals surface area contributed by atoms with Gasteiger partial charge in [-0.2, -0.15) is 0 Å². The molecule has 0 saturated heterocycles. The molecule has 4 rings (SSSR count). The third kappa shape index (κ3) is 30.8. The maximum atomic E-state index is 4.50. The summed E-state index contributed by atoms with van der Waals surface area (Å²) in [4.78, 5) is 0. The Morgan fingerprint density at radius 2 is 0.514 bits per heavy atom. The lowest BCUT2D eigenvalue weighted by Gasteiger charge is -1.89. The van der Waals surface area contributed by atoms with Crippen molar-refractivity contribution in [1.82, 2.24) is 0 Å². The summed E-state index contributed by atoms with van der Waals surface area (Å²) in [6.07, 6.45) is 3.53. The van der Waals surface area contributed by atoms with Gasteiger partial charge in [-0.05, 0) is 31.0 Å². The van der Waals surface area contributed by atoms with Gasteiger partial charge in [0, 0.05) is 0 Å². The van der Waals surface area contributed by atoms with Gasteiger partial charge in [-0.25, -0.2) is 0 Å². The average Bonchev–Trinajstić information content (AvgIpc) is 2.99. The van der Waals surface area contributed by atoms with E-state index in [1.807, 2.05) is 98.8 Å². The van der Waals surface area contributed by atoms with E-state index in [4.69, 9.17) is 0 Å². The summed E-state index contributed by atoms with van der Waals surface area (Å²) in [5, 5.41) is 0. The Balaban J connectivity index is -0.000000361. The molecule has 192 valence electrons. The van der Waals surface area contributed by atoms with Gasteiger partial charge in [0.1, 0.15) is 0 Å². The first-order valence-corrected chi connectivity index (χ1v) is 12.9. The van der Waals surface area contributed by atoms with E-state index in [-0.39, 0.29) is 0 Å². The lowest BCUT2D eigenvalue weighted by atomic mass is 10.2. The number of hydrogen-bond acceptors (Lipinski definition) is 1. The Hall–Kier alpha value is -3.16. The van der Waals surface area contributed by atoms with Crippen LogP contribution >= 0.6 is 0 Å². The van der Waals surface area contributed by atoms with Crippen LogP contribution in [0.3, 0.4) is 0 Å². The predicted octanol–water partition coefficient (Wildman–Crippen LogP) is 9.89. The highest BCUT2D eigenvalue weighted by Crippen LogP contribution is 1.97. The van der Waals surface area contributed by atoms with Crippen LogP contribution in [0, 0.1) is 0 Å². The van der Waals surface area contributed by atoms with Gasteiger partial charge < -0.3 is 5.73 Å². The van der Waals surface area contributed by atoms with E-state index in [0.717, 1.165) is 12.8 Å². The number of nitrogens with two attached hydrogens (primary N) is 1. The Labute approximate surface area is 218 Å². The fourth-order valence-electron chi connectivity index (χ4n) is 2.20. The molecule has 0 unspecified atom stereocenters. The van der Waals surface area contributed by atoms with Gasteiger partial charge in [0.25, 0.3) is 0 Å². The van der Waals surface area contributed by atoms with Gasteiger partial charge in [0.05, 0.1) is 0 Å². The molecule has 0 spiro atoms. The molecule has 0 aliphatic carbocycles. The highest BCUT2D eigenvalue weighted by Gasteiger charge is 1.80. The first-order chi connectivity index (χ1) is 17.3. The van der Waals surface area contributed by atoms with Gasteiger partial charge in [-0.1, -0.05) is 181 Å². The molecule has 0 aliphatic rings. The second kappa shape index (κ2) is 35.4. The monoisotopic (exact) mass is 473 g/mol. The lowest BCUT2D eigenvalue weighted by molar-refractivity contribution is 1.09. The van der Waals surface area contributed by atoms with E-state index in [1.165, 1.54) is 24.6 Å². The second-order valence-electron chi connectivity index (χ2n) is 6.69. The minimum absolute atomic E-state index is 1.14. The van der Waals surface area contributed by atoms with Crippen LogP contribution in [-0.2, 0) is 12.8 Å². The van der Waals surface area contributed by atoms with Crippen molar-refractivity contribution in [3.8, 4) is 0 Å². The molecule has 0 radical (unpaired) electrons. The van der Waals surface area contributed by atoms with Crippen molar-refractivity contribution in [3.05, 3.63) is 145 Å². The maximum Gasteiger partial charge on any atom is -0.0195 e. The molecule has 35 heavy (non-hydrogen) atoms. The van der Waals surface area contributed by atoms with Crippen molar-refractivity contribution in [2.24, 2.45) is 5.73 Å². The molecule has 0 amide bonds. The number of hydrogen-bond donors (Lipinski definition) is 1. The molecule has 0 bridgehead atoms. The van der Waals surface area contributed by atoms with Gasteiger partial charge in [-0.15, -0.1) is 0 Å². The van der Waals surface area contributed by atoms with Gasteiger partial charge in [-0.3, -0.25) is 0 Å². The Morgan fingerprint density at radius 3 is 0.629 bits per heavy atom. The van der Waals surface area contributed by atoms with E-state index < -0.39 is 0 Å². The van der Waals surface area contributed by atoms with Crippen molar-refractivity contribution < 1.29 is 0 Å². The highest BCUT2D eigenvalue weighted by atomic mass is 14.4. The first-order valence-electron chi connectivity index (χ1n) is 12.9. The van der Waals surface area contributed by atoms with Crippen LogP contribution in [0.25, 0.3) is 0 Å². The van der Waals surface area contributed by atoms with Crippen molar-refractivity contribution in [1.29, 1.82) is 0 Å². The average molecular weight is 474 g/mol. The summed E-state index contributed by atoms with van der Waals surface area (Å²) in [5.74, 6) is 0. The summed E-state index contributed by atoms with van der Waals surface area (Å²) < 4.78 is 0. The lowest BCUT2D eigenvalue weighted by Crippen LogP contribution is -1.73. The minimum Gasteiger partial charge on any atom is -0.333 e. The van der Waals surface area contributed by atoms with Crippen LogP contribution in [0.1, 0.15) is 59.1 Å². The minimum atomic E-state index is 1.14. The van der Waals surface area contributed by atoms with Crippen LogP contribution in [0.2, 0.25) is 0 Å². The summed E-state index contributed by atoms with van der Waals surface area (Å²) >= 11 is 0. The third-order valence-corrected chi connectivity index (χ3v) is 3.84. The zero-order chi connectivity index (χ0) is 26.8. The molecule has 1 heteroatoms. The molecule has 0 saturated carbocycles. The van der Waals surface area contributed by atoms with E-state index in [2.05, 4.69) is 82.0 Å². The second-order valence-corrected chi connectivity index (χ2v) is 6.69. The molecule has 4 aromatic carbocycles. The van der Waals surface area contributed by atoms with Gasteiger partial charge in [0.15, 0.2) is 0 Å². The maximum absolute atomic E-state index is 4.50. The molecule has 4 aromatic rings. The zero-order valence-corrected chi connectivity index (χ0v) is 23.4. The summed E-state index contributed by atoms with van der Waals surface area (Å²) in [7, 11) is 1.50. The molecular weight excluding hydrogens is 422 g/mol. The third-order valence-electron chi connectivity index (χ3n) is 3.84. The largest absolute Gasteiger partial charge is 0.333 e. The molecule has 0 atom stereocenters. The van der Waals surface area contributed by atoms with Gasteiger partial charge in [0.2, 0.25) is 0 Å². The highest BCUT2D eigenvalue weighted by molar-refractivity contribution is 5.14. The SMILES string of the molecule is CC.CCC.CCc1ccccc1.CCc1ccccc1.CN.c1ccccc1.c1ccccc1. The predicted molar refractivity (Wildman–Crippen MR) is 162 cm³/mol. The van der Waals surface area contributed by atoms with Gasteiger partial charge >= 0.3 is 0 Å². The van der Waals surface area contributed by atoms with Crippen LogP contribution in [0.5, 0.6) is 0 Å². The van der Waals surface area contributed by atoms with Crippen molar-refractivity contribution in [2.75, 3.05) is 7.05 Å². The summed E-state index contributed by atoms with van der Waals surface area (Å²) in [5.41, 5.74) is 7.32. The number of rotatable bonds is 2. The Morgan fingerprint density at radius 1 is 0.371 bits per heavy atom. The van der Waals surface area contributed by atoms with E-state index in [0.29, 0.717) is 0 Å². The molecule has 0 heterocycles. The first kappa shape index (κ1) is 36.4. The smallest absolute Gasteiger partial charge is 0.0195 e. The van der Waals surface area contributed by atoms with Crippen LogP contribution in [0.15, 0.2) is 133 Å². The Kier molecular flexibility index (Phi) is 36.9. The summed E-state index contributed by atoms with van der Waals surface area (Å²) in [6, 6.07) is 44.9. The van der Waals surface area contributed by atoms with E-state index in [1.54, 1.807) is 0 Å². The van der Waals surface area contributed by atoms with E-state index >= 15 is 0 Å². The normalized spacial score (nSPS) is 7.77. The number of aryl methyl sites for hydroxylation is 2. The van der Waals surface area contributed by atoms with E-state index in [9.17, 15) is 0 Å². The van der Waals surface area contributed by atoms with Crippen molar-refractivity contribution in [2.45, 2.75) is 60.8 Å². The molecule has 0 fully saturated rings. The topological polar surface area (TPSA) is 26.0 Å². The standard InChI is InChI=1S/2C8H10.2C6H6.C3H8.C2H6.CH5N/c2*1-2-8-6-4-3-5-7-8;2*1-2-4-6-5-3-1;1-3-2;2*1-2/h2*3-7H,2H2,1H3;2*1-6H;3H2,1-2H3;1-2H3;2H2,1H3. The fourth-order valence-corrected chi connectivity index (χ4v) is 2.20. The van der Waals surface area contributed by atoms with Crippen molar-refractivity contribution in [3.63, 3.8) is 0 Å². The van der Waals surface area contributed by atoms with Crippen molar-refractivity contribution >= 4 is 0 Å². The molecule has 1 nitrogen and oxygen atoms in total. The van der Waals surface area contributed by atoms with Crippen LogP contribution in [0.4, 0.5) is 0 Å². The Bertz CT molecular complexity index is 660. The number of benzene rings is 4. The molecular formula is C34H51N. The van der Waals surface area contributed by atoms with Crippen LogP contribution < -0.4 is 5.73 Å².